The van der Waals surface area contributed by atoms with Crippen LogP contribution in [0.5, 0.6) is 5.75 Å². The zero-order valence-corrected chi connectivity index (χ0v) is 18.4. The van der Waals surface area contributed by atoms with E-state index in [9.17, 15) is 14.7 Å². The van der Waals surface area contributed by atoms with Crippen molar-refractivity contribution in [3.8, 4) is 17.0 Å². The van der Waals surface area contributed by atoms with Gasteiger partial charge < -0.3 is 20.2 Å². The summed E-state index contributed by atoms with van der Waals surface area (Å²) in [5.41, 5.74) is 3.33. The van der Waals surface area contributed by atoms with Crippen LogP contribution in [-0.4, -0.2) is 33.4 Å². The van der Waals surface area contributed by atoms with Gasteiger partial charge >= 0.3 is 6.03 Å². The first-order chi connectivity index (χ1) is 16.6. The number of hydrogen-bond acceptors (Lipinski definition) is 5. The number of nitrogens with zero attached hydrogens (tertiary/aromatic N) is 2. The number of furan rings is 1. The monoisotopic (exact) mass is 456 g/mol. The van der Waals surface area contributed by atoms with Gasteiger partial charge in [-0.3, -0.25) is 4.79 Å². The van der Waals surface area contributed by atoms with Crippen molar-refractivity contribution < 1.29 is 19.1 Å². The summed E-state index contributed by atoms with van der Waals surface area (Å²) >= 11 is 0. The molecule has 0 unspecified atom stereocenters. The Morgan fingerprint density at radius 1 is 1.06 bits per heavy atom. The number of benzene rings is 2. The van der Waals surface area contributed by atoms with Crippen molar-refractivity contribution in [3.63, 3.8) is 0 Å². The Hall–Kier alpha value is -4.33. The maximum atomic E-state index is 12.9. The quantitative estimate of drug-likeness (QED) is 0.347. The second-order valence-corrected chi connectivity index (χ2v) is 8.27. The third-order valence-corrected chi connectivity index (χ3v) is 5.73. The van der Waals surface area contributed by atoms with Crippen molar-refractivity contribution in [2.45, 2.75) is 25.2 Å². The third kappa shape index (κ3) is 4.71. The minimum atomic E-state index is -0.399. The lowest BCUT2D eigenvalue weighted by atomic mass is 10.1. The molecule has 2 aromatic heterocycles. The molecule has 172 valence electrons. The molecular formula is C26H24N4O4. The lowest BCUT2D eigenvalue weighted by molar-refractivity contribution is 0.0996. The molecule has 2 aromatic carbocycles. The number of carbonyl (C=O) groups is 2. The van der Waals surface area contributed by atoms with E-state index in [0.29, 0.717) is 23.5 Å². The Labute approximate surface area is 196 Å². The molecule has 8 nitrogen and oxygen atoms in total. The SMILES string of the molecule is O=C(Nc1ccc(O)c(-c2cc(C3CC3)n(C(=O)NCCc3ccccc3)n2)c1)c1ccco1. The van der Waals surface area contributed by atoms with E-state index in [-0.39, 0.29) is 23.5 Å². The van der Waals surface area contributed by atoms with Crippen molar-refractivity contribution >= 4 is 17.6 Å². The molecule has 0 bridgehead atoms. The number of amides is 2. The predicted octanol–water partition coefficient (Wildman–Crippen LogP) is 4.78. The van der Waals surface area contributed by atoms with Gasteiger partial charge in [-0.05, 0) is 61.2 Å². The highest BCUT2D eigenvalue weighted by atomic mass is 16.3. The molecule has 4 aromatic rings. The number of phenolic OH excluding ortho intramolecular Hbond substituents is 1. The van der Waals surface area contributed by atoms with E-state index in [4.69, 9.17) is 4.42 Å². The number of carbonyl (C=O) groups excluding carboxylic acids is 2. The van der Waals surface area contributed by atoms with E-state index in [1.807, 2.05) is 36.4 Å². The van der Waals surface area contributed by atoms with Gasteiger partial charge in [0.05, 0.1) is 17.7 Å². The summed E-state index contributed by atoms with van der Waals surface area (Å²) in [6.45, 7) is 0.488. The van der Waals surface area contributed by atoms with Crippen molar-refractivity contribution in [1.29, 1.82) is 0 Å². The molecule has 0 radical (unpaired) electrons. The van der Waals surface area contributed by atoms with Gasteiger partial charge in [0.15, 0.2) is 5.76 Å². The second kappa shape index (κ2) is 9.27. The van der Waals surface area contributed by atoms with E-state index in [1.165, 1.54) is 17.0 Å². The highest BCUT2D eigenvalue weighted by Gasteiger charge is 2.30. The second-order valence-electron chi connectivity index (χ2n) is 8.27. The number of anilines is 1. The Bertz CT molecular complexity index is 1310. The molecule has 1 saturated carbocycles. The van der Waals surface area contributed by atoms with E-state index in [2.05, 4.69) is 15.7 Å². The Balaban J connectivity index is 1.35. The van der Waals surface area contributed by atoms with Crippen LogP contribution in [0.25, 0.3) is 11.3 Å². The van der Waals surface area contributed by atoms with Crippen LogP contribution >= 0.6 is 0 Å². The lowest BCUT2D eigenvalue weighted by Gasteiger charge is -2.08. The van der Waals surface area contributed by atoms with Crippen LogP contribution in [0.4, 0.5) is 10.5 Å². The Kier molecular flexibility index (Phi) is 5.86. The molecule has 0 atom stereocenters. The number of aromatic nitrogens is 2. The topological polar surface area (TPSA) is 109 Å². The van der Waals surface area contributed by atoms with Crippen LogP contribution in [0.15, 0.2) is 77.4 Å². The largest absolute Gasteiger partial charge is 0.507 e. The third-order valence-electron chi connectivity index (χ3n) is 5.73. The van der Waals surface area contributed by atoms with E-state index in [0.717, 1.165) is 30.5 Å². The molecule has 0 saturated heterocycles. The summed E-state index contributed by atoms with van der Waals surface area (Å²) in [4.78, 5) is 25.2. The number of aromatic hydroxyl groups is 1. The standard InChI is InChI=1S/C26H24N4O4/c31-23-11-10-19(28-25(32)24-7-4-14-34-24)15-20(23)21-16-22(18-8-9-18)30(29-21)26(33)27-13-12-17-5-2-1-3-6-17/h1-7,10-11,14-16,18,31H,8-9,12-13H2,(H,27,33)(H,28,32). The lowest BCUT2D eigenvalue weighted by Crippen LogP contribution is -2.32. The molecular weight excluding hydrogens is 432 g/mol. The van der Waals surface area contributed by atoms with E-state index < -0.39 is 5.91 Å². The maximum absolute atomic E-state index is 12.9. The van der Waals surface area contributed by atoms with Crippen LogP contribution in [0, 0.1) is 0 Å². The molecule has 1 aliphatic rings. The summed E-state index contributed by atoms with van der Waals surface area (Å²) in [7, 11) is 0. The van der Waals surface area contributed by atoms with E-state index in [1.54, 1.807) is 24.3 Å². The van der Waals surface area contributed by atoms with Gasteiger partial charge in [-0.25, -0.2) is 4.79 Å². The minimum absolute atomic E-state index is 0.00693. The number of phenols is 1. The summed E-state index contributed by atoms with van der Waals surface area (Å²) < 4.78 is 6.52. The molecule has 0 spiro atoms. The Morgan fingerprint density at radius 2 is 1.88 bits per heavy atom. The number of rotatable bonds is 7. The first kappa shape index (κ1) is 21.5. The number of nitrogens with one attached hydrogen (secondary N) is 2. The average Bonchev–Trinajstić information content (AvgIpc) is 3.35. The van der Waals surface area contributed by atoms with Gasteiger partial charge in [-0.2, -0.15) is 9.78 Å². The highest BCUT2D eigenvalue weighted by molar-refractivity contribution is 6.02. The fraction of sp³-hybridized carbons (Fsp3) is 0.192. The van der Waals surface area contributed by atoms with Crippen molar-refractivity contribution in [1.82, 2.24) is 15.1 Å². The summed E-state index contributed by atoms with van der Waals surface area (Å²) in [5.74, 6) is 0.0586. The molecule has 1 fully saturated rings. The first-order valence-electron chi connectivity index (χ1n) is 11.2. The predicted molar refractivity (Wildman–Crippen MR) is 127 cm³/mol. The van der Waals surface area contributed by atoms with E-state index >= 15 is 0 Å². The Morgan fingerprint density at radius 3 is 2.62 bits per heavy atom. The number of hydrogen-bond donors (Lipinski definition) is 3. The zero-order valence-electron chi connectivity index (χ0n) is 18.4. The molecule has 2 heterocycles. The molecule has 5 rings (SSSR count). The zero-order chi connectivity index (χ0) is 23.5. The van der Waals surface area contributed by atoms with Crippen LogP contribution in [0.1, 0.15) is 40.6 Å². The van der Waals surface area contributed by atoms with Gasteiger partial charge in [0, 0.05) is 23.7 Å². The molecule has 2 amide bonds. The minimum Gasteiger partial charge on any atom is -0.507 e. The fourth-order valence-electron chi connectivity index (χ4n) is 3.81. The normalized spacial score (nSPS) is 12.9. The molecule has 34 heavy (non-hydrogen) atoms. The van der Waals surface area contributed by atoms with Crippen molar-refractivity contribution in [2.75, 3.05) is 11.9 Å². The molecule has 0 aliphatic heterocycles. The van der Waals surface area contributed by atoms with Crippen molar-refractivity contribution in [3.05, 3.63) is 90.0 Å². The van der Waals surface area contributed by atoms with Gasteiger partial charge in [-0.15, -0.1) is 0 Å². The van der Waals surface area contributed by atoms with Crippen LogP contribution in [-0.2, 0) is 6.42 Å². The average molecular weight is 457 g/mol. The van der Waals surface area contributed by atoms with Crippen LogP contribution in [0.2, 0.25) is 0 Å². The van der Waals surface area contributed by atoms with Crippen molar-refractivity contribution in [2.24, 2.45) is 0 Å². The van der Waals surface area contributed by atoms with Gasteiger partial charge in [0.2, 0.25) is 0 Å². The van der Waals surface area contributed by atoms with Gasteiger partial charge in [0.1, 0.15) is 5.75 Å². The molecule has 3 N–H and O–H groups in total. The molecule has 1 aliphatic carbocycles. The highest BCUT2D eigenvalue weighted by Crippen LogP contribution is 2.42. The van der Waals surface area contributed by atoms with Gasteiger partial charge in [-0.1, -0.05) is 30.3 Å². The molecule has 8 heteroatoms. The maximum Gasteiger partial charge on any atom is 0.342 e. The smallest absolute Gasteiger partial charge is 0.342 e. The fourth-order valence-corrected chi connectivity index (χ4v) is 3.81. The van der Waals surface area contributed by atoms with Crippen LogP contribution < -0.4 is 10.6 Å². The first-order valence-corrected chi connectivity index (χ1v) is 11.2. The summed E-state index contributed by atoms with van der Waals surface area (Å²) in [6.07, 6.45) is 4.13. The summed E-state index contributed by atoms with van der Waals surface area (Å²) in [6, 6.07) is 19.4. The van der Waals surface area contributed by atoms with Gasteiger partial charge in [0.25, 0.3) is 5.91 Å². The van der Waals surface area contributed by atoms with Crippen LogP contribution in [0.3, 0.4) is 0 Å². The summed E-state index contributed by atoms with van der Waals surface area (Å²) in [5, 5.41) is 20.7.